The minimum atomic E-state index is -1.03. The fourth-order valence-electron chi connectivity index (χ4n) is 6.35. The standard InChI is InChI=1S/C36H59NO6/c1-23(2)13-10-14-24(3)15-11-16-25(4)17-12-21-36(9)22-20-30-28(7)33(26(5)27(6)34(30)43-36)42-35(41)31(37-29(8)38)18-19-32(39)40/h23-25,31H,10-22H2,1-9H3,(H,37,38)(H,39,40). The molecule has 1 heterocycles. The average molecular weight is 602 g/mol. The third-order valence-electron chi connectivity index (χ3n) is 9.35. The third kappa shape index (κ3) is 11.8. The lowest BCUT2D eigenvalue weighted by Crippen LogP contribution is -2.42. The number of carboxylic acids is 1. The van der Waals surface area contributed by atoms with Crippen molar-refractivity contribution in [2.45, 2.75) is 157 Å². The molecule has 0 aromatic heterocycles. The quantitative estimate of drug-likeness (QED) is 0.129. The van der Waals surface area contributed by atoms with Crippen molar-refractivity contribution in [3.05, 3.63) is 22.3 Å². The molecule has 1 amide bonds. The van der Waals surface area contributed by atoms with E-state index in [9.17, 15) is 14.4 Å². The van der Waals surface area contributed by atoms with Gasteiger partial charge in [0.25, 0.3) is 0 Å². The Balaban J connectivity index is 1.97. The first-order valence-electron chi connectivity index (χ1n) is 16.7. The van der Waals surface area contributed by atoms with E-state index >= 15 is 0 Å². The van der Waals surface area contributed by atoms with E-state index < -0.39 is 23.9 Å². The molecule has 1 aromatic carbocycles. The second-order valence-electron chi connectivity index (χ2n) is 14.0. The van der Waals surface area contributed by atoms with Gasteiger partial charge in [-0.1, -0.05) is 72.6 Å². The highest BCUT2D eigenvalue weighted by molar-refractivity contribution is 5.85. The molecule has 0 spiro atoms. The second kappa shape index (κ2) is 17.1. The zero-order chi connectivity index (χ0) is 32.3. The topological polar surface area (TPSA) is 102 Å². The van der Waals surface area contributed by atoms with Crippen LogP contribution in [-0.4, -0.2) is 34.6 Å². The Labute approximate surface area is 260 Å². The molecule has 2 rings (SSSR count). The minimum absolute atomic E-state index is 0.0343. The number of carbonyl (C=O) groups excluding carboxylic acids is 2. The molecule has 0 fully saturated rings. The Bertz CT molecular complexity index is 1100. The van der Waals surface area contributed by atoms with Crippen LogP contribution in [0, 0.1) is 38.5 Å². The van der Waals surface area contributed by atoms with Crippen LogP contribution in [0.15, 0.2) is 0 Å². The number of nitrogens with one attached hydrogen (secondary N) is 1. The number of benzene rings is 1. The predicted molar refractivity (Wildman–Crippen MR) is 173 cm³/mol. The lowest BCUT2D eigenvalue weighted by molar-refractivity contribution is -0.141. The van der Waals surface area contributed by atoms with Gasteiger partial charge in [-0.15, -0.1) is 0 Å². The first kappa shape index (κ1) is 36.6. The number of carboxylic acid groups (broad SMARTS) is 1. The Morgan fingerprint density at radius 1 is 0.884 bits per heavy atom. The molecule has 4 unspecified atom stereocenters. The Morgan fingerprint density at radius 2 is 1.47 bits per heavy atom. The van der Waals surface area contributed by atoms with Crippen LogP contribution in [0.25, 0.3) is 0 Å². The number of esters is 1. The molecule has 1 aliphatic heterocycles. The molecule has 0 bridgehead atoms. The van der Waals surface area contributed by atoms with Gasteiger partial charge in [0.05, 0.1) is 0 Å². The molecule has 7 heteroatoms. The zero-order valence-electron chi connectivity index (χ0n) is 28.5. The van der Waals surface area contributed by atoms with Crippen molar-refractivity contribution < 1.29 is 29.0 Å². The number of fused-ring (bicyclic) bond motifs is 1. The van der Waals surface area contributed by atoms with Gasteiger partial charge in [0.2, 0.25) is 5.91 Å². The first-order valence-corrected chi connectivity index (χ1v) is 16.7. The summed E-state index contributed by atoms with van der Waals surface area (Å²) in [5, 5.41) is 11.6. The average Bonchev–Trinajstić information content (AvgIpc) is 2.91. The second-order valence-corrected chi connectivity index (χ2v) is 14.0. The number of amides is 1. The Kier molecular flexibility index (Phi) is 14.5. The van der Waals surface area contributed by atoms with Gasteiger partial charge in [0.15, 0.2) is 0 Å². The fraction of sp³-hybridized carbons (Fsp3) is 0.750. The SMILES string of the molecule is CC(=O)NC(CCC(=O)O)C(=O)Oc1c(C)c(C)c2c(c1C)CCC(C)(CCCC(C)CCCC(C)CCCC(C)C)O2. The molecule has 4 atom stereocenters. The zero-order valence-corrected chi connectivity index (χ0v) is 28.5. The molecule has 0 aliphatic carbocycles. The van der Waals surface area contributed by atoms with Crippen molar-refractivity contribution in [2.24, 2.45) is 17.8 Å². The van der Waals surface area contributed by atoms with Gasteiger partial charge >= 0.3 is 11.9 Å². The molecule has 1 aliphatic rings. The number of rotatable bonds is 18. The summed E-state index contributed by atoms with van der Waals surface area (Å²) in [6.07, 6.45) is 12.8. The summed E-state index contributed by atoms with van der Waals surface area (Å²) in [5.41, 5.74) is 3.46. The summed E-state index contributed by atoms with van der Waals surface area (Å²) in [7, 11) is 0. The summed E-state index contributed by atoms with van der Waals surface area (Å²) in [6, 6.07) is -1.02. The van der Waals surface area contributed by atoms with Crippen LogP contribution in [0.4, 0.5) is 0 Å². The maximum atomic E-state index is 13.0. The molecule has 7 nitrogen and oxygen atoms in total. The third-order valence-corrected chi connectivity index (χ3v) is 9.35. The highest BCUT2D eigenvalue weighted by Crippen LogP contribution is 2.45. The van der Waals surface area contributed by atoms with Gasteiger partial charge in [-0.3, -0.25) is 9.59 Å². The van der Waals surface area contributed by atoms with Crippen LogP contribution in [0.2, 0.25) is 0 Å². The van der Waals surface area contributed by atoms with E-state index in [2.05, 4.69) is 39.9 Å². The van der Waals surface area contributed by atoms with Crippen LogP contribution in [0.1, 0.15) is 141 Å². The molecule has 43 heavy (non-hydrogen) atoms. The van der Waals surface area contributed by atoms with Crippen LogP contribution in [-0.2, 0) is 20.8 Å². The van der Waals surface area contributed by atoms with Crippen LogP contribution in [0.3, 0.4) is 0 Å². The van der Waals surface area contributed by atoms with E-state index in [0.29, 0.717) is 5.75 Å². The van der Waals surface area contributed by atoms with Gasteiger partial charge in [0, 0.05) is 18.9 Å². The van der Waals surface area contributed by atoms with Gasteiger partial charge in [-0.25, -0.2) is 4.79 Å². The summed E-state index contributed by atoms with van der Waals surface area (Å²) in [4.78, 5) is 35.7. The van der Waals surface area contributed by atoms with Crippen molar-refractivity contribution in [1.82, 2.24) is 5.32 Å². The van der Waals surface area contributed by atoms with E-state index in [4.69, 9.17) is 14.6 Å². The Morgan fingerprint density at radius 3 is 2.02 bits per heavy atom. The van der Waals surface area contributed by atoms with Crippen molar-refractivity contribution in [1.29, 1.82) is 0 Å². The number of ether oxygens (including phenoxy) is 2. The van der Waals surface area contributed by atoms with Crippen molar-refractivity contribution in [3.63, 3.8) is 0 Å². The lowest BCUT2D eigenvalue weighted by atomic mass is 9.83. The largest absolute Gasteiger partial charge is 0.487 e. The maximum Gasteiger partial charge on any atom is 0.334 e. The van der Waals surface area contributed by atoms with Crippen molar-refractivity contribution in [2.75, 3.05) is 0 Å². The van der Waals surface area contributed by atoms with E-state index in [-0.39, 0.29) is 18.4 Å². The first-order chi connectivity index (χ1) is 20.1. The Hall–Kier alpha value is -2.57. The number of hydrogen-bond acceptors (Lipinski definition) is 5. The molecule has 0 saturated carbocycles. The van der Waals surface area contributed by atoms with Gasteiger partial charge in [-0.05, 0) is 94.2 Å². The van der Waals surface area contributed by atoms with Gasteiger partial charge in [-0.2, -0.15) is 0 Å². The number of hydrogen-bond donors (Lipinski definition) is 2. The van der Waals surface area contributed by atoms with E-state index in [1.54, 1.807) is 0 Å². The van der Waals surface area contributed by atoms with E-state index in [1.165, 1.54) is 51.9 Å². The van der Waals surface area contributed by atoms with Crippen molar-refractivity contribution >= 4 is 17.8 Å². The molecule has 1 aromatic rings. The van der Waals surface area contributed by atoms with Crippen molar-refractivity contribution in [3.8, 4) is 11.5 Å². The number of carbonyl (C=O) groups is 3. The molecule has 2 N–H and O–H groups in total. The van der Waals surface area contributed by atoms with Gasteiger partial charge < -0.3 is 19.9 Å². The molecule has 244 valence electrons. The summed E-state index contributed by atoms with van der Waals surface area (Å²) < 4.78 is 12.6. The highest BCUT2D eigenvalue weighted by Gasteiger charge is 2.35. The highest BCUT2D eigenvalue weighted by atomic mass is 16.5. The smallest absolute Gasteiger partial charge is 0.334 e. The maximum absolute atomic E-state index is 13.0. The normalized spacial score (nSPS) is 18.4. The minimum Gasteiger partial charge on any atom is -0.487 e. The summed E-state index contributed by atoms with van der Waals surface area (Å²) >= 11 is 0. The van der Waals surface area contributed by atoms with E-state index in [0.717, 1.165) is 71.4 Å². The van der Waals surface area contributed by atoms with Crippen LogP contribution >= 0.6 is 0 Å². The molecule has 0 saturated heterocycles. The monoisotopic (exact) mass is 601 g/mol. The fourth-order valence-corrected chi connectivity index (χ4v) is 6.35. The molecule has 0 radical (unpaired) electrons. The lowest BCUT2D eigenvalue weighted by Gasteiger charge is -2.38. The van der Waals surface area contributed by atoms with E-state index in [1.807, 2.05) is 20.8 Å². The molecular formula is C36H59NO6. The summed E-state index contributed by atoms with van der Waals surface area (Å²) in [5.74, 6) is 1.63. The summed E-state index contributed by atoms with van der Waals surface area (Å²) in [6.45, 7) is 18.8. The van der Waals surface area contributed by atoms with Crippen LogP contribution < -0.4 is 14.8 Å². The molecular weight excluding hydrogens is 542 g/mol. The predicted octanol–water partition coefficient (Wildman–Crippen LogP) is 8.41. The van der Waals surface area contributed by atoms with Gasteiger partial charge in [0.1, 0.15) is 23.1 Å². The number of aliphatic carboxylic acids is 1. The van der Waals surface area contributed by atoms with Crippen LogP contribution in [0.5, 0.6) is 11.5 Å².